The van der Waals surface area contributed by atoms with Gasteiger partial charge in [-0.1, -0.05) is 0 Å². The first kappa shape index (κ1) is 5.49. The molecule has 2 nitrogen and oxygen atoms in total. The fourth-order valence-electron chi connectivity index (χ4n) is 0.575. The van der Waals surface area contributed by atoms with Gasteiger partial charge in [-0.25, -0.2) is 0 Å². The third-order valence-corrected chi connectivity index (χ3v) is 2.17. The van der Waals surface area contributed by atoms with Crippen molar-refractivity contribution in [2.45, 2.75) is 19.5 Å². The minimum Gasteiger partial charge on any atom is -0.295 e. The van der Waals surface area contributed by atoms with E-state index >= 15 is 0 Å². The van der Waals surface area contributed by atoms with Gasteiger partial charge in [0.1, 0.15) is 0 Å². The van der Waals surface area contributed by atoms with Crippen molar-refractivity contribution in [3.05, 3.63) is 0 Å². The van der Waals surface area contributed by atoms with Crippen LogP contribution >= 0.6 is 8.73 Å². The summed E-state index contributed by atoms with van der Waals surface area (Å²) in [5.74, 6) is 0. The van der Waals surface area contributed by atoms with Gasteiger partial charge in [0.05, 0.1) is 5.66 Å². The fourth-order valence-corrected chi connectivity index (χ4v) is 1.72. The molecular formula is C4H11N2P. The third-order valence-electron chi connectivity index (χ3n) is 1.02. The van der Waals surface area contributed by atoms with Crippen molar-refractivity contribution in [1.82, 2.24) is 10.4 Å². The van der Waals surface area contributed by atoms with Crippen LogP contribution in [0.5, 0.6) is 0 Å². The van der Waals surface area contributed by atoms with Gasteiger partial charge < -0.3 is 0 Å². The van der Waals surface area contributed by atoms with Crippen LogP contribution in [0.1, 0.15) is 13.8 Å². The molecule has 1 heterocycles. The first-order chi connectivity index (χ1) is 3.21. The minimum absolute atomic E-state index is 0.207. The Balaban J connectivity index is 2.40. The van der Waals surface area contributed by atoms with E-state index in [1.807, 2.05) is 0 Å². The van der Waals surface area contributed by atoms with E-state index in [4.69, 9.17) is 0 Å². The predicted octanol–water partition coefficient (Wildman–Crippen LogP) is 0.466. The Bertz CT molecular complexity index is 64.1. The SMILES string of the molecule is CC1(C)NCPN1. The molecular weight excluding hydrogens is 107 g/mol. The Hall–Kier alpha value is 0.350. The van der Waals surface area contributed by atoms with E-state index in [0.717, 1.165) is 15.0 Å². The molecule has 1 unspecified atom stereocenters. The van der Waals surface area contributed by atoms with Crippen LogP contribution in [0.25, 0.3) is 0 Å². The van der Waals surface area contributed by atoms with Crippen LogP contribution in [0, 0.1) is 0 Å². The summed E-state index contributed by atoms with van der Waals surface area (Å²) in [6, 6.07) is 0. The Morgan fingerprint density at radius 2 is 2.29 bits per heavy atom. The second-order valence-corrected chi connectivity index (χ2v) is 3.24. The average molecular weight is 118 g/mol. The summed E-state index contributed by atoms with van der Waals surface area (Å²) in [4.78, 5) is 0. The molecule has 0 radical (unpaired) electrons. The average Bonchev–Trinajstić information content (AvgIpc) is 1.84. The standard InChI is InChI=1S/C4H11N2P/c1-4(2)5-3-7-6-4/h5-7H,3H2,1-2H3. The second-order valence-electron chi connectivity index (χ2n) is 2.28. The lowest BCUT2D eigenvalue weighted by Crippen LogP contribution is -2.41. The molecule has 3 heteroatoms. The molecule has 0 aliphatic carbocycles. The number of nitrogens with one attached hydrogen (secondary N) is 2. The first-order valence-corrected chi connectivity index (χ1v) is 3.66. The number of hydrogen-bond acceptors (Lipinski definition) is 2. The maximum atomic E-state index is 3.31. The summed E-state index contributed by atoms with van der Waals surface area (Å²) in [5, 5.41) is 6.61. The zero-order valence-corrected chi connectivity index (χ0v) is 5.71. The lowest BCUT2D eigenvalue weighted by atomic mass is 10.3. The van der Waals surface area contributed by atoms with Gasteiger partial charge in [-0.15, -0.1) is 0 Å². The van der Waals surface area contributed by atoms with Crippen LogP contribution in [-0.4, -0.2) is 11.9 Å². The Morgan fingerprint density at radius 3 is 2.43 bits per heavy atom. The molecule has 42 valence electrons. The number of hydrogen-bond donors (Lipinski definition) is 2. The zero-order chi connectivity index (χ0) is 5.33. The van der Waals surface area contributed by atoms with Gasteiger partial charge in [-0.05, 0) is 22.6 Å². The molecule has 1 saturated heterocycles. The molecule has 7 heavy (non-hydrogen) atoms. The van der Waals surface area contributed by atoms with Crippen molar-refractivity contribution in [1.29, 1.82) is 0 Å². The molecule has 1 aliphatic rings. The Morgan fingerprint density at radius 1 is 1.57 bits per heavy atom. The second kappa shape index (κ2) is 1.70. The Kier molecular flexibility index (Phi) is 1.33. The van der Waals surface area contributed by atoms with E-state index in [-0.39, 0.29) is 5.66 Å². The van der Waals surface area contributed by atoms with E-state index in [1.54, 1.807) is 0 Å². The molecule has 0 aromatic carbocycles. The highest BCUT2D eigenvalue weighted by atomic mass is 31.1. The van der Waals surface area contributed by atoms with Gasteiger partial charge in [0, 0.05) is 6.29 Å². The predicted molar refractivity (Wildman–Crippen MR) is 33.5 cm³/mol. The van der Waals surface area contributed by atoms with Crippen molar-refractivity contribution in [2.75, 3.05) is 6.29 Å². The van der Waals surface area contributed by atoms with Crippen molar-refractivity contribution in [3.8, 4) is 0 Å². The lowest BCUT2D eigenvalue weighted by molar-refractivity contribution is 0.427. The maximum absolute atomic E-state index is 3.31. The molecule has 0 saturated carbocycles. The van der Waals surface area contributed by atoms with Crippen molar-refractivity contribution < 1.29 is 0 Å². The molecule has 1 rings (SSSR count). The third kappa shape index (κ3) is 1.37. The quantitative estimate of drug-likeness (QED) is 0.452. The largest absolute Gasteiger partial charge is 0.295 e. The van der Waals surface area contributed by atoms with Crippen molar-refractivity contribution in [3.63, 3.8) is 0 Å². The molecule has 2 N–H and O–H groups in total. The van der Waals surface area contributed by atoms with Crippen molar-refractivity contribution >= 4 is 8.73 Å². The van der Waals surface area contributed by atoms with E-state index in [2.05, 4.69) is 24.3 Å². The maximum Gasteiger partial charge on any atom is 0.0663 e. The van der Waals surface area contributed by atoms with Crippen LogP contribution in [0.3, 0.4) is 0 Å². The summed E-state index contributed by atoms with van der Waals surface area (Å²) in [6.07, 6.45) is 1.13. The van der Waals surface area contributed by atoms with E-state index < -0.39 is 0 Å². The molecule has 1 fully saturated rings. The summed E-state index contributed by atoms with van der Waals surface area (Å²) in [7, 11) is 0.899. The van der Waals surface area contributed by atoms with Gasteiger partial charge in [0.15, 0.2) is 0 Å². The van der Waals surface area contributed by atoms with Gasteiger partial charge >= 0.3 is 0 Å². The molecule has 1 aliphatic heterocycles. The topological polar surface area (TPSA) is 24.1 Å². The van der Waals surface area contributed by atoms with Gasteiger partial charge in [0.25, 0.3) is 0 Å². The smallest absolute Gasteiger partial charge is 0.0663 e. The van der Waals surface area contributed by atoms with Gasteiger partial charge in [-0.3, -0.25) is 10.4 Å². The minimum atomic E-state index is 0.207. The highest BCUT2D eigenvalue weighted by Crippen LogP contribution is 2.16. The van der Waals surface area contributed by atoms with Crippen LogP contribution in [0.2, 0.25) is 0 Å². The van der Waals surface area contributed by atoms with Crippen LogP contribution in [0.4, 0.5) is 0 Å². The summed E-state index contributed by atoms with van der Waals surface area (Å²) in [5.41, 5.74) is 0.207. The summed E-state index contributed by atoms with van der Waals surface area (Å²) < 4.78 is 0. The van der Waals surface area contributed by atoms with Crippen LogP contribution in [-0.2, 0) is 0 Å². The van der Waals surface area contributed by atoms with E-state index in [0.29, 0.717) is 0 Å². The van der Waals surface area contributed by atoms with Gasteiger partial charge in [0.2, 0.25) is 0 Å². The van der Waals surface area contributed by atoms with Crippen LogP contribution < -0.4 is 10.4 Å². The summed E-state index contributed by atoms with van der Waals surface area (Å²) >= 11 is 0. The van der Waals surface area contributed by atoms with Crippen LogP contribution in [0.15, 0.2) is 0 Å². The monoisotopic (exact) mass is 118 g/mol. The fraction of sp³-hybridized carbons (Fsp3) is 1.00. The molecule has 0 aromatic rings. The number of rotatable bonds is 0. The van der Waals surface area contributed by atoms with E-state index in [1.165, 1.54) is 0 Å². The molecule has 0 amide bonds. The highest BCUT2D eigenvalue weighted by Gasteiger charge is 2.19. The first-order valence-electron chi connectivity index (χ1n) is 2.46. The Labute approximate surface area is 45.9 Å². The summed E-state index contributed by atoms with van der Waals surface area (Å²) in [6.45, 7) is 4.29. The molecule has 0 spiro atoms. The van der Waals surface area contributed by atoms with Crippen molar-refractivity contribution in [2.24, 2.45) is 0 Å². The lowest BCUT2D eigenvalue weighted by Gasteiger charge is -2.16. The molecule has 0 bridgehead atoms. The zero-order valence-electron chi connectivity index (χ0n) is 4.71. The van der Waals surface area contributed by atoms with Gasteiger partial charge in [-0.2, -0.15) is 0 Å². The van der Waals surface area contributed by atoms with E-state index in [9.17, 15) is 0 Å². The normalized spacial score (nSPS) is 31.7. The highest BCUT2D eigenvalue weighted by molar-refractivity contribution is 7.35. The molecule has 0 aromatic heterocycles. The molecule has 1 atom stereocenters.